The second kappa shape index (κ2) is 8.92. The van der Waals surface area contributed by atoms with Gasteiger partial charge < -0.3 is 15.5 Å². The van der Waals surface area contributed by atoms with E-state index in [9.17, 15) is 14.4 Å². The van der Waals surface area contributed by atoms with Gasteiger partial charge in [-0.15, -0.1) is 5.10 Å². The van der Waals surface area contributed by atoms with Crippen molar-refractivity contribution < 1.29 is 14.4 Å². The highest BCUT2D eigenvalue weighted by molar-refractivity contribution is 5.86. The Bertz CT molecular complexity index is 1040. The third-order valence-electron chi connectivity index (χ3n) is 7.01. The Balaban J connectivity index is 1.37. The number of carbonyl (C=O) groups is 3. The van der Waals surface area contributed by atoms with E-state index >= 15 is 0 Å². The maximum absolute atomic E-state index is 13.7. The number of pyridine rings is 1. The van der Waals surface area contributed by atoms with Crippen LogP contribution in [0.15, 0.2) is 24.5 Å². The molecule has 2 aromatic rings. The SMILES string of the molecule is NC(=O)C1CCN(C(=O)C2CN(C(=O)Cc3ccncc3)Cc3nnn(CC4CC4)c32)CC1. The van der Waals surface area contributed by atoms with Crippen molar-refractivity contribution in [3.05, 3.63) is 41.5 Å². The first-order valence-corrected chi connectivity index (χ1v) is 11.7. The number of aromatic nitrogens is 4. The summed E-state index contributed by atoms with van der Waals surface area (Å²) in [5, 5.41) is 8.72. The van der Waals surface area contributed by atoms with Crippen LogP contribution in [0.1, 0.15) is 48.6 Å². The van der Waals surface area contributed by atoms with Crippen molar-refractivity contribution in [3.8, 4) is 0 Å². The lowest BCUT2D eigenvalue weighted by molar-refractivity contribution is -0.139. The van der Waals surface area contributed by atoms with Gasteiger partial charge >= 0.3 is 0 Å². The Hall–Kier alpha value is -3.30. The van der Waals surface area contributed by atoms with Crippen molar-refractivity contribution in [2.24, 2.45) is 17.6 Å². The summed E-state index contributed by atoms with van der Waals surface area (Å²) in [7, 11) is 0. The van der Waals surface area contributed by atoms with Gasteiger partial charge in [0.2, 0.25) is 17.7 Å². The summed E-state index contributed by atoms with van der Waals surface area (Å²) in [6.45, 7) is 2.42. The number of carbonyl (C=O) groups excluding carboxylic acids is 3. The zero-order valence-electron chi connectivity index (χ0n) is 18.6. The van der Waals surface area contributed by atoms with E-state index in [4.69, 9.17) is 5.73 Å². The molecule has 1 aliphatic carbocycles. The third-order valence-corrected chi connectivity index (χ3v) is 7.01. The maximum atomic E-state index is 13.7. The monoisotopic (exact) mass is 451 g/mol. The highest BCUT2D eigenvalue weighted by atomic mass is 16.2. The molecule has 3 aliphatic rings. The first kappa shape index (κ1) is 21.5. The van der Waals surface area contributed by atoms with E-state index in [0.717, 1.165) is 17.8 Å². The summed E-state index contributed by atoms with van der Waals surface area (Å²) in [6.07, 6.45) is 7.08. The molecule has 0 spiro atoms. The highest BCUT2D eigenvalue weighted by Gasteiger charge is 2.40. The molecule has 33 heavy (non-hydrogen) atoms. The van der Waals surface area contributed by atoms with Gasteiger partial charge in [-0.25, -0.2) is 4.68 Å². The number of nitrogens with two attached hydrogens (primary N) is 1. The number of primary amides is 1. The molecule has 1 atom stereocenters. The zero-order valence-corrected chi connectivity index (χ0v) is 18.6. The van der Waals surface area contributed by atoms with Crippen LogP contribution in [0, 0.1) is 11.8 Å². The molecule has 2 N–H and O–H groups in total. The molecule has 174 valence electrons. The van der Waals surface area contributed by atoms with E-state index < -0.39 is 5.92 Å². The summed E-state index contributed by atoms with van der Waals surface area (Å²) in [5.41, 5.74) is 7.89. The Labute approximate surface area is 192 Å². The minimum Gasteiger partial charge on any atom is -0.369 e. The highest BCUT2D eigenvalue weighted by Crippen LogP contribution is 2.35. The molecule has 0 aromatic carbocycles. The molecule has 0 bridgehead atoms. The molecule has 4 heterocycles. The Morgan fingerprint density at radius 3 is 2.42 bits per heavy atom. The van der Waals surface area contributed by atoms with Crippen LogP contribution >= 0.6 is 0 Å². The quantitative estimate of drug-likeness (QED) is 0.680. The smallest absolute Gasteiger partial charge is 0.233 e. The predicted molar refractivity (Wildman–Crippen MR) is 117 cm³/mol. The largest absolute Gasteiger partial charge is 0.369 e. The number of amides is 3. The van der Waals surface area contributed by atoms with E-state index in [1.165, 1.54) is 12.8 Å². The Morgan fingerprint density at radius 1 is 1.03 bits per heavy atom. The molecule has 5 rings (SSSR count). The molecule has 1 saturated heterocycles. The molecule has 1 unspecified atom stereocenters. The fourth-order valence-electron chi connectivity index (χ4n) is 4.86. The van der Waals surface area contributed by atoms with Gasteiger partial charge in [0.25, 0.3) is 0 Å². The molecule has 2 fully saturated rings. The van der Waals surface area contributed by atoms with Crippen LogP contribution < -0.4 is 5.73 Å². The molecule has 3 amide bonds. The van der Waals surface area contributed by atoms with E-state index in [1.54, 1.807) is 22.2 Å². The van der Waals surface area contributed by atoms with E-state index in [0.29, 0.717) is 50.6 Å². The number of nitrogens with zero attached hydrogens (tertiary/aromatic N) is 6. The second-order valence-electron chi connectivity index (χ2n) is 9.41. The van der Waals surface area contributed by atoms with Gasteiger partial charge in [0.1, 0.15) is 5.69 Å². The minimum absolute atomic E-state index is 0.0278. The molecular formula is C23H29N7O3. The van der Waals surface area contributed by atoms with E-state index in [-0.39, 0.29) is 30.1 Å². The van der Waals surface area contributed by atoms with Crippen molar-refractivity contribution in [2.45, 2.75) is 51.1 Å². The van der Waals surface area contributed by atoms with Crippen molar-refractivity contribution >= 4 is 17.7 Å². The summed E-state index contributed by atoms with van der Waals surface area (Å²) >= 11 is 0. The van der Waals surface area contributed by atoms with Crippen LogP contribution in [0.2, 0.25) is 0 Å². The predicted octanol–water partition coefficient (Wildman–Crippen LogP) is 0.476. The average Bonchev–Trinajstić information content (AvgIpc) is 3.56. The number of likely N-dealkylation sites (tertiary alicyclic amines) is 1. The minimum atomic E-state index is -0.506. The lowest BCUT2D eigenvalue weighted by Crippen LogP contribution is -2.49. The van der Waals surface area contributed by atoms with Crippen LogP contribution in [0.5, 0.6) is 0 Å². The Kier molecular flexibility index (Phi) is 5.82. The van der Waals surface area contributed by atoms with Gasteiger partial charge in [0, 0.05) is 44.5 Å². The fourth-order valence-corrected chi connectivity index (χ4v) is 4.86. The maximum Gasteiger partial charge on any atom is 0.233 e. The van der Waals surface area contributed by atoms with Gasteiger partial charge in [-0.1, -0.05) is 5.21 Å². The van der Waals surface area contributed by atoms with Crippen molar-refractivity contribution in [1.29, 1.82) is 0 Å². The van der Waals surface area contributed by atoms with E-state index in [1.807, 2.05) is 16.8 Å². The van der Waals surface area contributed by atoms with Crippen molar-refractivity contribution in [2.75, 3.05) is 19.6 Å². The van der Waals surface area contributed by atoms with Crippen LogP contribution in [0.3, 0.4) is 0 Å². The van der Waals surface area contributed by atoms with Crippen molar-refractivity contribution in [1.82, 2.24) is 29.8 Å². The normalized spacial score (nSPS) is 21.0. The Morgan fingerprint density at radius 2 is 1.76 bits per heavy atom. The number of piperidine rings is 1. The van der Waals surface area contributed by atoms with Crippen LogP contribution in [0.25, 0.3) is 0 Å². The number of fused-ring (bicyclic) bond motifs is 1. The topological polar surface area (TPSA) is 127 Å². The average molecular weight is 452 g/mol. The number of rotatable bonds is 6. The third kappa shape index (κ3) is 4.60. The first-order chi connectivity index (χ1) is 16.0. The fraction of sp³-hybridized carbons (Fsp3) is 0.565. The van der Waals surface area contributed by atoms with Crippen LogP contribution in [-0.4, -0.2) is 67.1 Å². The van der Waals surface area contributed by atoms with Gasteiger partial charge in [-0.05, 0) is 49.3 Å². The molecule has 10 heteroatoms. The number of hydrogen-bond donors (Lipinski definition) is 1. The van der Waals surface area contributed by atoms with Gasteiger partial charge in [-0.2, -0.15) is 0 Å². The second-order valence-corrected chi connectivity index (χ2v) is 9.41. The summed E-state index contributed by atoms with van der Waals surface area (Å²) in [4.78, 5) is 45.8. The standard InChI is InChI=1S/C23H29N7O3/c24-22(32)17-5-9-28(10-6-17)23(33)18-13-29(20(31)11-15-3-7-25-8-4-15)14-19-21(18)30(27-26-19)12-16-1-2-16/h3-4,7-8,16-18H,1-2,5-6,9-14H2,(H2,24,32). The van der Waals surface area contributed by atoms with Crippen molar-refractivity contribution in [3.63, 3.8) is 0 Å². The summed E-state index contributed by atoms with van der Waals surface area (Å²) in [6, 6.07) is 3.65. The van der Waals surface area contributed by atoms with Crippen LogP contribution in [-0.2, 0) is 33.9 Å². The molecular weight excluding hydrogens is 422 g/mol. The van der Waals surface area contributed by atoms with Crippen LogP contribution in [0.4, 0.5) is 0 Å². The van der Waals surface area contributed by atoms with E-state index in [2.05, 4.69) is 15.3 Å². The first-order valence-electron chi connectivity index (χ1n) is 11.7. The summed E-state index contributed by atoms with van der Waals surface area (Å²) < 4.78 is 1.89. The van der Waals surface area contributed by atoms with Gasteiger partial charge in [-0.3, -0.25) is 19.4 Å². The lowest BCUT2D eigenvalue weighted by atomic mass is 9.92. The zero-order chi connectivity index (χ0) is 22.9. The van der Waals surface area contributed by atoms with Gasteiger partial charge in [0.05, 0.1) is 24.6 Å². The molecule has 2 aromatic heterocycles. The molecule has 2 aliphatic heterocycles. The lowest BCUT2D eigenvalue weighted by Gasteiger charge is -2.37. The summed E-state index contributed by atoms with van der Waals surface area (Å²) in [5.74, 6) is -0.481. The molecule has 0 radical (unpaired) electrons. The molecule has 10 nitrogen and oxygen atoms in total. The molecule has 1 saturated carbocycles. The number of hydrogen-bond acceptors (Lipinski definition) is 6. The van der Waals surface area contributed by atoms with Gasteiger partial charge in [0.15, 0.2) is 0 Å².